The predicted molar refractivity (Wildman–Crippen MR) is 137 cm³/mol. The molecule has 0 radical (unpaired) electrons. The third-order valence-electron chi connectivity index (χ3n) is 5.40. The molecule has 0 spiro atoms. The van der Waals surface area contributed by atoms with Crippen molar-refractivity contribution in [3.8, 4) is 23.0 Å². The maximum Gasteiger partial charge on any atom is 0.231 e. The SMILES string of the molecule is CN=C(NCCOc1ccc2c(c1)OCO2)NCc1ccc(C)cc1OCC1CCOC1.I. The van der Waals surface area contributed by atoms with E-state index in [2.05, 4.69) is 40.7 Å². The molecule has 4 rings (SSSR count). The van der Waals surface area contributed by atoms with Gasteiger partial charge in [0.05, 0.1) is 19.8 Å². The highest BCUT2D eigenvalue weighted by atomic mass is 127. The van der Waals surface area contributed by atoms with Crippen LogP contribution in [0.2, 0.25) is 0 Å². The Kier molecular flexibility index (Phi) is 9.74. The summed E-state index contributed by atoms with van der Waals surface area (Å²) in [6.45, 7) is 6.32. The van der Waals surface area contributed by atoms with Crippen LogP contribution in [0.5, 0.6) is 23.0 Å². The highest BCUT2D eigenvalue weighted by Crippen LogP contribution is 2.35. The van der Waals surface area contributed by atoms with Crippen LogP contribution >= 0.6 is 24.0 Å². The van der Waals surface area contributed by atoms with Gasteiger partial charge in [-0.1, -0.05) is 12.1 Å². The Morgan fingerprint density at radius 2 is 1.97 bits per heavy atom. The van der Waals surface area contributed by atoms with Crippen molar-refractivity contribution in [2.24, 2.45) is 10.9 Å². The van der Waals surface area contributed by atoms with Gasteiger partial charge in [0.1, 0.15) is 18.1 Å². The molecule has 1 atom stereocenters. The van der Waals surface area contributed by atoms with E-state index in [0.717, 1.165) is 42.4 Å². The maximum absolute atomic E-state index is 6.13. The standard InChI is InChI=1S/C24H31N3O5.HI/c1-17-3-4-19(22(11-17)30-15-18-7-9-28-14-18)13-27-24(25-2)26-8-10-29-20-5-6-21-23(12-20)32-16-31-21;/h3-6,11-12,18H,7-10,13-16H2,1-2H3,(H2,25,26,27);1H. The molecule has 2 aromatic carbocycles. The number of halogens is 1. The summed E-state index contributed by atoms with van der Waals surface area (Å²) >= 11 is 0. The van der Waals surface area contributed by atoms with Crippen molar-refractivity contribution in [1.82, 2.24) is 10.6 Å². The summed E-state index contributed by atoms with van der Waals surface area (Å²) < 4.78 is 28.1. The van der Waals surface area contributed by atoms with Crippen LogP contribution in [-0.4, -0.2) is 52.8 Å². The zero-order chi connectivity index (χ0) is 22.2. The number of fused-ring (bicyclic) bond motifs is 1. The van der Waals surface area contributed by atoms with E-state index in [4.69, 9.17) is 23.7 Å². The molecule has 2 N–H and O–H groups in total. The first-order valence-electron chi connectivity index (χ1n) is 11.0. The van der Waals surface area contributed by atoms with Gasteiger partial charge in [0.25, 0.3) is 0 Å². The Morgan fingerprint density at radius 1 is 1.09 bits per heavy atom. The Morgan fingerprint density at radius 3 is 2.79 bits per heavy atom. The summed E-state index contributed by atoms with van der Waals surface area (Å²) in [6.07, 6.45) is 1.06. The number of aliphatic imine (C=N–C) groups is 1. The van der Waals surface area contributed by atoms with Gasteiger partial charge in [-0.05, 0) is 37.1 Å². The van der Waals surface area contributed by atoms with Gasteiger partial charge in [0.2, 0.25) is 6.79 Å². The minimum absolute atomic E-state index is 0. The van der Waals surface area contributed by atoms with E-state index in [0.29, 0.717) is 43.9 Å². The van der Waals surface area contributed by atoms with Crippen molar-refractivity contribution in [3.05, 3.63) is 47.5 Å². The van der Waals surface area contributed by atoms with Crippen molar-refractivity contribution >= 4 is 29.9 Å². The summed E-state index contributed by atoms with van der Waals surface area (Å²) in [5, 5.41) is 6.62. The molecule has 8 nitrogen and oxygen atoms in total. The normalized spacial score (nSPS) is 16.8. The van der Waals surface area contributed by atoms with Gasteiger partial charge >= 0.3 is 0 Å². The van der Waals surface area contributed by atoms with E-state index in [1.54, 1.807) is 7.05 Å². The van der Waals surface area contributed by atoms with E-state index in [9.17, 15) is 0 Å². The van der Waals surface area contributed by atoms with Crippen molar-refractivity contribution < 1.29 is 23.7 Å². The van der Waals surface area contributed by atoms with Gasteiger partial charge in [-0.3, -0.25) is 4.99 Å². The Bertz CT molecular complexity index is 934. The molecule has 2 aliphatic heterocycles. The number of hydrogen-bond acceptors (Lipinski definition) is 6. The van der Waals surface area contributed by atoms with E-state index >= 15 is 0 Å². The lowest BCUT2D eigenvalue weighted by atomic mass is 10.1. The summed E-state index contributed by atoms with van der Waals surface area (Å²) in [7, 11) is 1.75. The van der Waals surface area contributed by atoms with Gasteiger partial charge in [0, 0.05) is 37.7 Å². The van der Waals surface area contributed by atoms with Crippen molar-refractivity contribution in [2.75, 3.05) is 46.8 Å². The monoisotopic (exact) mass is 569 g/mol. The van der Waals surface area contributed by atoms with Crippen LogP contribution in [0.4, 0.5) is 0 Å². The topological polar surface area (TPSA) is 82.6 Å². The average Bonchev–Trinajstić information content (AvgIpc) is 3.49. The lowest BCUT2D eigenvalue weighted by Gasteiger charge is -2.17. The van der Waals surface area contributed by atoms with Crippen LogP contribution in [-0.2, 0) is 11.3 Å². The summed E-state index contributed by atoms with van der Waals surface area (Å²) in [4.78, 5) is 4.30. The smallest absolute Gasteiger partial charge is 0.231 e. The second-order valence-corrected chi connectivity index (χ2v) is 7.87. The van der Waals surface area contributed by atoms with Gasteiger partial charge in [0.15, 0.2) is 17.5 Å². The number of aryl methyl sites for hydroxylation is 1. The molecular formula is C24H32IN3O5. The molecule has 1 unspecified atom stereocenters. The number of rotatable bonds is 9. The minimum atomic E-state index is 0. The second-order valence-electron chi connectivity index (χ2n) is 7.87. The zero-order valence-electron chi connectivity index (χ0n) is 19.1. The predicted octanol–water partition coefficient (Wildman–Crippen LogP) is 3.50. The average molecular weight is 569 g/mol. The quantitative estimate of drug-likeness (QED) is 0.207. The molecule has 2 aromatic rings. The van der Waals surface area contributed by atoms with Crippen LogP contribution in [0.15, 0.2) is 41.4 Å². The number of hydrogen-bond donors (Lipinski definition) is 2. The molecule has 2 aliphatic rings. The molecule has 1 fully saturated rings. The lowest BCUT2D eigenvalue weighted by molar-refractivity contribution is 0.166. The van der Waals surface area contributed by atoms with E-state index in [1.165, 1.54) is 5.56 Å². The highest BCUT2D eigenvalue weighted by molar-refractivity contribution is 14.0. The highest BCUT2D eigenvalue weighted by Gasteiger charge is 2.17. The molecule has 1 saturated heterocycles. The summed E-state index contributed by atoms with van der Waals surface area (Å²) in [5.41, 5.74) is 2.27. The van der Waals surface area contributed by atoms with Crippen LogP contribution in [0.1, 0.15) is 17.5 Å². The largest absolute Gasteiger partial charge is 0.493 e. The van der Waals surface area contributed by atoms with Crippen LogP contribution in [0.3, 0.4) is 0 Å². The Labute approximate surface area is 212 Å². The van der Waals surface area contributed by atoms with Gasteiger partial charge < -0.3 is 34.3 Å². The Balaban J connectivity index is 0.00000306. The number of ether oxygens (including phenoxy) is 5. The van der Waals surface area contributed by atoms with Gasteiger partial charge in [-0.25, -0.2) is 0 Å². The number of benzene rings is 2. The minimum Gasteiger partial charge on any atom is -0.493 e. The molecule has 0 amide bonds. The van der Waals surface area contributed by atoms with E-state index < -0.39 is 0 Å². The Hall–Kier alpha value is -2.40. The van der Waals surface area contributed by atoms with Crippen LogP contribution in [0, 0.1) is 12.8 Å². The molecule has 0 saturated carbocycles. The third-order valence-corrected chi connectivity index (χ3v) is 5.40. The maximum atomic E-state index is 6.13. The molecular weight excluding hydrogens is 537 g/mol. The van der Waals surface area contributed by atoms with E-state index in [-0.39, 0.29) is 30.8 Å². The molecule has 0 aromatic heterocycles. The number of nitrogens with zero attached hydrogens (tertiary/aromatic N) is 1. The molecule has 0 bridgehead atoms. The van der Waals surface area contributed by atoms with Crippen LogP contribution < -0.4 is 29.6 Å². The second kappa shape index (κ2) is 12.7. The van der Waals surface area contributed by atoms with Crippen molar-refractivity contribution in [3.63, 3.8) is 0 Å². The molecule has 0 aliphatic carbocycles. The fourth-order valence-corrected chi connectivity index (χ4v) is 3.57. The first-order valence-corrected chi connectivity index (χ1v) is 11.0. The fraction of sp³-hybridized carbons (Fsp3) is 0.458. The summed E-state index contributed by atoms with van der Waals surface area (Å²) in [6, 6.07) is 11.8. The fourth-order valence-electron chi connectivity index (χ4n) is 3.57. The first-order chi connectivity index (χ1) is 15.7. The summed E-state index contributed by atoms with van der Waals surface area (Å²) in [5.74, 6) is 4.28. The van der Waals surface area contributed by atoms with Gasteiger partial charge in [-0.2, -0.15) is 0 Å². The van der Waals surface area contributed by atoms with Crippen molar-refractivity contribution in [2.45, 2.75) is 19.9 Å². The number of guanidine groups is 1. The first kappa shape index (κ1) is 25.2. The van der Waals surface area contributed by atoms with Gasteiger partial charge in [-0.15, -0.1) is 24.0 Å². The van der Waals surface area contributed by atoms with E-state index in [1.807, 2.05) is 18.2 Å². The lowest BCUT2D eigenvalue weighted by Crippen LogP contribution is -2.39. The molecule has 2 heterocycles. The molecule has 180 valence electrons. The zero-order valence-corrected chi connectivity index (χ0v) is 21.4. The molecule has 9 heteroatoms. The number of nitrogens with one attached hydrogen (secondary N) is 2. The molecule has 33 heavy (non-hydrogen) atoms. The third kappa shape index (κ3) is 7.29. The van der Waals surface area contributed by atoms with Crippen molar-refractivity contribution in [1.29, 1.82) is 0 Å². The van der Waals surface area contributed by atoms with Crippen LogP contribution in [0.25, 0.3) is 0 Å².